The summed E-state index contributed by atoms with van der Waals surface area (Å²) in [6, 6.07) is 16.8. The number of hydrogen-bond acceptors (Lipinski definition) is 5. The molecule has 2 N–H and O–H groups in total. The normalized spacial score (nSPS) is 11.1. The topological polar surface area (TPSA) is 102 Å². The Bertz CT molecular complexity index is 1180. The van der Waals surface area contributed by atoms with E-state index in [1.54, 1.807) is 23.7 Å². The average molecular weight is 463 g/mol. The molecule has 34 heavy (non-hydrogen) atoms. The fourth-order valence-electron chi connectivity index (χ4n) is 3.39. The van der Waals surface area contributed by atoms with Crippen LogP contribution in [-0.4, -0.2) is 40.7 Å². The summed E-state index contributed by atoms with van der Waals surface area (Å²) in [5.41, 5.74) is 4.38. The monoisotopic (exact) mass is 462 g/mol. The van der Waals surface area contributed by atoms with Crippen LogP contribution < -0.4 is 10.6 Å². The largest absolute Gasteiger partial charge is 0.454 e. The standard InChI is InChI=1S/C26H30N4O4/c1-17-24(18(2)30(29-17)21-9-7-6-8-10-21)28-22(31)16-34-23(32)15-27-25(33)19-11-13-20(14-12-19)26(3,4)5/h6-14H,15-16H2,1-5H3,(H,27,33)(H,28,31). The first-order valence-electron chi connectivity index (χ1n) is 11.0. The first kappa shape index (κ1) is 24.7. The Balaban J connectivity index is 1.49. The van der Waals surface area contributed by atoms with Crippen molar-refractivity contribution in [3.8, 4) is 5.69 Å². The van der Waals surface area contributed by atoms with E-state index in [4.69, 9.17) is 4.74 Å². The van der Waals surface area contributed by atoms with Crippen molar-refractivity contribution < 1.29 is 19.1 Å². The molecular formula is C26H30N4O4. The van der Waals surface area contributed by atoms with Gasteiger partial charge in [-0.15, -0.1) is 0 Å². The second-order valence-corrected chi connectivity index (χ2v) is 9.01. The van der Waals surface area contributed by atoms with Crippen LogP contribution in [0.25, 0.3) is 5.69 Å². The highest BCUT2D eigenvalue weighted by Crippen LogP contribution is 2.23. The van der Waals surface area contributed by atoms with Crippen LogP contribution in [0.3, 0.4) is 0 Å². The molecular weight excluding hydrogens is 432 g/mol. The number of rotatable bonds is 7. The highest BCUT2D eigenvalue weighted by atomic mass is 16.5. The van der Waals surface area contributed by atoms with Crippen molar-refractivity contribution in [3.63, 3.8) is 0 Å². The fourth-order valence-corrected chi connectivity index (χ4v) is 3.39. The zero-order valence-electron chi connectivity index (χ0n) is 20.1. The Hall–Kier alpha value is -3.94. The van der Waals surface area contributed by atoms with Crippen LogP contribution in [0.5, 0.6) is 0 Å². The Morgan fingerprint density at radius 2 is 1.62 bits per heavy atom. The second kappa shape index (κ2) is 10.3. The molecule has 0 saturated carbocycles. The van der Waals surface area contributed by atoms with E-state index in [-0.39, 0.29) is 17.9 Å². The minimum Gasteiger partial charge on any atom is -0.454 e. The van der Waals surface area contributed by atoms with E-state index in [2.05, 4.69) is 36.5 Å². The third-order valence-electron chi connectivity index (χ3n) is 5.33. The van der Waals surface area contributed by atoms with Gasteiger partial charge in [-0.2, -0.15) is 5.10 Å². The zero-order chi connectivity index (χ0) is 24.9. The van der Waals surface area contributed by atoms with Gasteiger partial charge in [-0.25, -0.2) is 4.68 Å². The molecule has 0 unspecified atom stereocenters. The summed E-state index contributed by atoms with van der Waals surface area (Å²) in [4.78, 5) is 36.6. The summed E-state index contributed by atoms with van der Waals surface area (Å²) >= 11 is 0. The molecule has 0 aliphatic rings. The number of benzene rings is 2. The number of nitrogens with one attached hydrogen (secondary N) is 2. The maximum Gasteiger partial charge on any atom is 0.325 e. The molecule has 8 nitrogen and oxygen atoms in total. The van der Waals surface area contributed by atoms with Crippen LogP contribution in [0.1, 0.15) is 48.1 Å². The molecule has 0 aliphatic carbocycles. The Morgan fingerprint density at radius 1 is 0.971 bits per heavy atom. The van der Waals surface area contributed by atoms with Crippen molar-refractivity contribution in [1.82, 2.24) is 15.1 Å². The molecule has 2 aromatic carbocycles. The van der Waals surface area contributed by atoms with E-state index < -0.39 is 18.5 Å². The predicted octanol–water partition coefficient (Wildman–Crippen LogP) is 3.70. The Kier molecular flexibility index (Phi) is 7.50. The first-order chi connectivity index (χ1) is 16.1. The zero-order valence-corrected chi connectivity index (χ0v) is 20.1. The molecule has 3 rings (SSSR count). The minimum atomic E-state index is -0.705. The highest BCUT2D eigenvalue weighted by Gasteiger charge is 2.17. The molecule has 1 aromatic heterocycles. The van der Waals surface area contributed by atoms with Crippen LogP contribution >= 0.6 is 0 Å². The summed E-state index contributed by atoms with van der Waals surface area (Å²) in [6.45, 7) is 9.10. The quantitative estimate of drug-likeness (QED) is 0.521. The van der Waals surface area contributed by atoms with E-state index in [0.29, 0.717) is 16.9 Å². The smallest absolute Gasteiger partial charge is 0.325 e. The van der Waals surface area contributed by atoms with Gasteiger partial charge in [0.15, 0.2) is 6.61 Å². The number of ether oxygens (including phenoxy) is 1. The van der Waals surface area contributed by atoms with Gasteiger partial charge in [-0.05, 0) is 49.1 Å². The lowest BCUT2D eigenvalue weighted by molar-refractivity contribution is -0.146. The number of aryl methyl sites for hydroxylation is 1. The Morgan fingerprint density at radius 3 is 2.24 bits per heavy atom. The van der Waals surface area contributed by atoms with Gasteiger partial charge in [0.05, 0.1) is 22.8 Å². The lowest BCUT2D eigenvalue weighted by atomic mass is 9.87. The summed E-state index contributed by atoms with van der Waals surface area (Å²) in [5, 5.41) is 9.73. The summed E-state index contributed by atoms with van der Waals surface area (Å²) in [6.07, 6.45) is 0. The predicted molar refractivity (Wildman–Crippen MR) is 130 cm³/mol. The van der Waals surface area contributed by atoms with Crippen LogP contribution in [0.2, 0.25) is 0 Å². The van der Waals surface area contributed by atoms with Gasteiger partial charge in [0.25, 0.3) is 11.8 Å². The molecule has 178 valence electrons. The Labute approximate surface area is 199 Å². The number of nitrogens with zero attached hydrogens (tertiary/aromatic N) is 2. The highest BCUT2D eigenvalue weighted by molar-refractivity contribution is 5.97. The number of anilines is 1. The molecule has 2 amide bonds. The van der Waals surface area contributed by atoms with E-state index in [1.165, 1.54) is 0 Å². The average Bonchev–Trinajstić information content (AvgIpc) is 3.09. The van der Waals surface area contributed by atoms with Crippen molar-refractivity contribution in [2.24, 2.45) is 0 Å². The lowest BCUT2D eigenvalue weighted by Crippen LogP contribution is -2.32. The van der Waals surface area contributed by atoms with Crippen LogP contribution in [0.15, 0.2) is 54.6 Å². The number of hydrogen-bond donors (Lipinski definition) is 2. The van der Waals surface area contributed by atoms with Crippen molar-refractivity contribution in [2.75, 3.05) is 18.5 Å². The molecule has 3 aromatic rings. The van der Waals surface area contributed by atoms with Crippen molar-refractivity contribution in [2.45, 2.75) is 40.0 Å². The van der Waals surface area contributed by atoms with Crippen LogP contribution in [0.4, 0.5) is 5.69 Å². The molecule has 0 radical (unpaired) electrons. The molecule has 0 aliphatic heterocycles. The first-order valence-corrected chi connectivity index (χ1v) is 11.0. The van der Waals surface area contributed by atoms with Gasteiger partial charge in [-0.3, -0.25) is 14.4 Å². The lowest BCUT2D eigenvalue weighted by Gasteiger charge is -2.19. The minimum absolute atomic E-state index is 0.0172. The van der Waals surface area contributed by atoms with Gasteiger partial charge < -0.3 is 15.4 Å². The third kappa shape index (κ3) is 6.10. The van der Waals surface area contributed by atoms with Gasteiger partial charge in [0, 0.05) is 5.56 Å². The third-order valence-corrected chi connectivity index (χ3v) is 5.33. The van der Waals surface area contributed by atoms with E-state index in [0.717, 1.165) is 16.9 Å². The van der Waals surface area contributed by atoms with Crippen LogP contribution in [-0.2, 0) is 19.7 Å². The van der Waals surface area contributed by atoms with Gasteiger partial charge in [0.1, 0.15) is 6.54 Å². The molecule has 0 fully saturated rings. The molecule has 0 spiro atoms. The van der Waals surface area contributed by atoms with E-state index in [9.17, 15) is 14.4 Å². The van der Waals surface area contributed by atoms with Crippen molar-refractivity contribution >= 4 is 23.5 Å². The van der Waals surface area contributed by atoms with E-state index >= 15 is 0 Å². The summed E-state index contributed by atoms with van der Waals surface area (Å²) in [7, 11) is 0. The maximum absolute atomic E-state index is 12.3. The number of esters is 1. The summed E-state index contributed by atoms with van der Waals surface area (Å²) in [5.74, 6) is -1.58. The van der Waals surface area contributed by atoms with Gasteiger partial charge >= 0.3 is 5.97 Å². The molecule has 0 bridgehead atoms. The van der Waals surface area contributed by atoms with Gasteiger partial charge in [-0.1, -0.05) is 51.1 Å². The van der Waals surface area contributed by atoms with E-state index in [1.807, 2.05) is 49.4 Å². The molecule has 0 saturated heterocycles. The van der Waals surface area contributed by atoms with Gasteiger partial charge in [0.2, 0.25) is 0 Å². The number of carbonyl (C=O) groups excluding carboxylic acids is 3. The fraction of sp³-hybridized carbons (Fsp3) is 0.308. The van der Waals surface area contributed by atoms with Crippen molar-refractivity contribution in [3.05, 3.63) is 77.1 Å². The van der Waals surface area contributed by atoms with Crippen LogP contribution in [0, 0.1) is 13.8 Å². The number of amides is 2. The molecule has 8 heteroatoms. The summed E-state index contributed by atoms with van der Waals surface area (Å²) < 4.78 is 6.74. The number of aromatic nitrogens is 2. The molecule has 0 atom stereocenters. The maximum atomic E-state index is 12.3. The number of carbonyl (C=O) groups is 3. The SMILES string of the molecule is Cc1nn(-c2ccccc2)c(C)c1NC(=O)COC(=O)CNC(=O)c1ccc(C(C)(C)C)cc1. The second-order valence-electron chi connectivity index (χ2n) is 9.01. The van der Waals surface area contributed by atoms with Crippen molar-refractivity contribution in [1.29, 1.82) is 0 Å². The molecule has 1 heterocycles. The number of para-hydroxylation sites is 1.